The van der Waals surface area contributed by atoms with Gasteiger partial charge in [-0.15, -0.1) is 0 Å². The fourth-order valence-electron chi connectivity index (χ4n) is 5.23. The molecule has 0 spiro atoms. The molecular weight excluding hydrogens is 687 g/mol. The first-order valence-electron chi connectivity index (χ1n) is 20.4. The lowest BCUT2D eigenvalue weighted by Crippen LogP contribution is -2.51. The molecule has 0 radical (unpaired) electrons. The predicted octanol–water partition coefficient (Wildman–Crippen LogP) is 9.82. The number of rotatable bonds is 35. The van der Waals surface area contributed by atoms with Crippen LogP contribution in [-0.4, -0.2) is 84.6 Å². The number of carbonyl (C=O) groups excluding carboxylic acids is 1. The van der Waals surface area contributed by atoms with Gasteiger partial charge in [-0.1, -0.05) is 125 Å². The first-order chi connectivity index (χ1) is 25.4. The van der Waals surface area contributed by atoms with Gasteiger partial charge in [-0.2, -0.15) is 0 Å². The van der Waals surface area contributed by atoms with Crippen molar-refractivity contribution >= 4 is 13.7 Å². The van der Waals surface area contributed by atoms with Crippen molar-refractivity contribution in [3.8, 4) is 0 Å². The molecule has 0 rings (SSSR count). The summed E-state index contributed by atoms with van der Waals surface area (Å²) in [6.45, 7) is 4.38. The van der Waals surface area contributed by atoms with E-state index in [1.165, 1.54) is 44.9 Å². The summed E-state index contributed by atoms with van der Waals surface area (Å²) in [5.41, 5.74) is 0. The molecule has 306 valence electrons. The monoisotopic (exact) mass is 766 g/mol. The number of carbonyl (C=O) groups is 1. The number of aliphatic hydroxyl groups excluding tert-OH is 2. The minimum atomic E-state index is -4.44. The Morgan fingerprint density at radius 2 is 1.17 bits per heavy atom. The summed E-state index contributed by atoms with van der Waals surface area (Å²) in [5.74, 6) is -0.329. The van der Waals surface area contributed by atoms with Crippen molar-refractivity contribution in [2.45, 2.75) is 154 Å². The summed E-state index contributed by atoms with van der Waals surface area (Å²) in [4.78, 5) is 23.1. The Morgan fingerprint density at radius 1 is 0.679 bits per heavy atom. The molecule has 0 aromatic rings. The molecule has 0 bridgehead atoms. The average Bonchev–Trinajstić information content (AvgIpc) is 3.10. The molecule has 4 unspecified atom stereocenters. The van der Waals surface area contributed by atoms with Crippen LogP contribution in [0.25, 0.3) is 0 Å². The Morgan fingerprint density at radius 3 is 1.74 bits per heavy atom. The van der Waals surface area contributed by atoms with Crippen molar-refractivity contribution in [3.63, 3.8) is 0 Å². The van der Waals surface area contributed by atoms with Crippen molar-refractivity contribution < 1.29 is 38.0 Å². The van der Waals surface area contributed by atoms with Crippen LogP contribution in [0, 0.1) is 0 Å². The average molecular weight is 766 g/mol. The molecule has 0 heterocycles. The Hall–Kier alpha value is -2.10. The van der Waals surface area contributed by atoms with Crippen LogP contribution >= 0.6 is 7.82 Å². The van der Waals surface area contributed by atoms with Crippen LogP contribution in [0.15, 0.2) is 72.9 Å². The topological polar surface area (TPSA) is 125 Å². The van der Waals surface area contributed by atoms with Gasteiger partial charge in [0.25, 0.3) is 0 Å². The van der Waals surface area contributed by atoms with Gasteiger partial charge in [0, 0.05) is 6.42 Å². The van der Waals surface area contributed by atoms with Gasteiger partial charge in [-0.05, 0) is 77.0 Å². The number of nitrogens with zero attached hydrogens (tertiary/aromatic N) is 1. The van der Waals surface area contributed by atoms with Crippen molar-refractivity contribution in [2.24, 2.45) is 0 Å². The zero-order valence-electron chi connectivity index (χ0n) is 34.1. The van der Waals surface area contributed by atoms with Crippen molar-refractivity contribution in [1.29, 1.82) is 0 Å². The number of aliphatic hydroxyl groups is 2. The van der Waals surface area contributed by atoms with Crippen LogP contribution in [0.3, 0.4) is 0 Å². The second-order valence-corrected chi connectivity index (χ2v) is 16.2. The number of phosphoric acid groups is 1. The maximum atomic E-state index is 12.8. The maximum absolute atomic E-state index is 12.8. The lowest BCUT2D eigenvalue weighted by Gasteiger charge is -2.28. The van der Waals surface area contributed by atoms with Gasteiger partial charge in [0.05, 0.1) is 39.9 Å². The molecule has 10 heteroatoms. The van der Waals surface area contributed by atoms with E-state index in [-0.39, 0.29) is 18.9 Å². The quantitative estimate of drug-likeness (QED) is 0.0219. The second kappa shape index (κ2) is 34.4. The third-order valence-corrected chi connectivity index (χ3v) is 9.51. The van der Waals surface area contributed by atoms with E-state index in [1.807, 2.05) is 27.2 Å². The van der Waals surface area contributed by atoms with Gasteiger partial charge in [0.1, 0.15) is 19.3 Å². The van der Waals surface area contributed by atoms with E-state index >= 15 is 0 Å². The number of hydrogen-bond donors (Lipinski definition) is 4. The number of phosphoric ester groups is 1. The molecule has 0 fully saturated rings. The van der Waals surface area contributed by atoms with Gasteiger partial charge < -0.3 is 24.9 Å². The highest BCUT2D eigenvalue weighted by Crippen LogP contribution is 2.43. The van der Waals surface area contributed by atoms with E-state index in [0.29, 0.717) is 36.7 Å². The third-order valence-electron chi connectivity index (χ3n) is 8.53. The smallest absolute Gasteiger partial charge is 0.390 e. The molecule has 1 amide bonds. The minimum absolute atomic E-state index is 0.00174. The number of likely N-dealkylation sites (N-methyl/N-ethyl adjacent to an activating group) is 1. The normalized spacial score (nSPS) is 15.8. The van der Waals surface area contributed by atoms with Crippen molar-refractivity contribution in [2.75, 3.05) is 40.9 Å². The lowest BCUT2D eigenvalue weighted by atomic mass is 10.0. The van der Waals surface area contributed by atoms with Crippen LogP contribution in [0.4, 0.5) is 0 Å². The SMILES string of the molecule is CC/C=C\C/C=C\C/C=C\C/C=C\C/C=C\CCCC(=O)NC(COP(=O)(O)OCC[N+](C)(C)C)C(O)C(O)CCC/C=C/CCCCCCCCC. The molecule has 4 atom stereocenters. The van der Waals surface area contributed by atoms with Gasteiger partial charge in [0.15, 0.2) is 0 Å². The number of amides is 1. The Labute approximate surface area is 324 Å². The van der Waals surface area contributed by atoms with E-state index < -0.39 is 32.7 Å². The Balaban J connectivity index is 4.74. The summed E-state index contributed by atoms with van der Waals surface area (Å²) in [6.07, 6.45) is 41.2. The number of allylic oxidation sites excluding steroid dienone is 12. The number of hydrogen-bond acceptors (Lipinski definition) is 6. The largest absolute Gasteiger partial charge is 0.472 e. The first kappa shape index (κ1) is 50.9. The highest BCUT2D eigenvalue weighted by molar-refractivity contribution is 7.47. The van der Waals surface area contributed by atoms with E-state index in [0.717, 1.165) is 44.9 Å². The van der Waals surface area contributed by atoms with E-state index in [4.69, 9.17) is 9.05 Å². The van der Waals surface area contributed by atoms with Gasteiger partial charge in [-0.3, -0.25) is 13.8 Å². The summed E-state index contributed by atoms with van der Waals surface area (Å²) in [7, 11) is 1.37. The molecule has 4 N–H and O–H groups in total. The molecule has 0 saturated carbocycles. The second-order valence-electron chi connectivity index (χ2n) is 14.8. The first-order valence-corrected chi connectivity index (χ1v) is 21.9. The van der Waals surface area contributed by atoms with Gasteiger partial charge >= 0.3 is 7.82 Å². The van der Waals surface area contributed by atoms with Crippen molar-refractivity contribution in [1.82, 2.24) is 5.32 Å². The molecule has 0 aliphatic carbocycles. The van der Waals surface area contributed by atoms with Crippen LogP contribution in [0.1, 0.15) is 136 Å². The van der Waals surface area contributed by atoms with Crippen LogP contribution in [0.5, 0.6) is 0 Å². The van der Waals surface area contributed by atoms with E-state index in [9.17, 15) is 24.5 Å². The molecule has 0 aliphatic heterocycles. The van der Waals surface area contributed by atoms with E-state index in [2.05, 4.69) is 86.0 Å². The standard InChI is InChI=1S/C43H77N2O7P/c1-6-8-10-12-14-16-18-20-21-22-23-24-26-28-30-32-34-36-42(47)44-40(39-52-53(49,50)51-38-37-45(3,4)5)43(48)41(46)35-33-31-29-27-25-19-17-15-13-11-9-7-2/h8,10,14,16,20-21,23-24,27-30,40-41,43,46,48H,6-7,9,11-13,15,17-19,22,25-26,31-39H2,1-5H3,(H-,44,47,49,50)/p+1/b10-8-,16-14-,21-20-,24-23-,29-27+,30-28-. The predicted molar refractivity (Wildman–Crippen MR) is 222 cm³/mol. The van der Waals surface area contributed by atoms with Crippen LogP contribution in [0.2, 0.25) is 0 Å². The molecular formula is C43H78N2O7P+. The molecule has 53 heavy (non-hydrogen) atoms. The lowest BCUT2D eigenvalue weighted by molar-refractivity contribution is -0.870. The summed E-state index contributed by atoms with van der Waals surface area (Å²) >= 11 is 0. The minimum Gasteiger partial charge on any atom is -0.390 e. The van der Waals surface area contributed by atoms with Crippen LogP contribution < -0.4 is 5.32 Å². The van der Waals surface area contributed by atoms with E-state index in [1.54, 1.807) is 0 Å². The number of unbranched alkanes of at least 4 members (excludes halogenated alkanes) is 9. The highest BCUT2D eigenvalue weighted by Gasteiger charge is 2.31. The highest BCUT2D eigenvalue weighted by atomic mass is 31.2. The zero-order chi connectivity index (χ0) is 39.5. The van der Waals surface area contributed by atoms with Crippen molar-refractivity contribution in [3.05, 3.63) is 72.9 Å². The molecule has 0 aromatic heterocycles. The fourth-order valence-corrected chi connectivity index (χ4v) is 5.97. The van der Waals surface area contributed by atoms with Crippen LogP contribution in [-0.2, 0) is 18.4 Å². The maximum Gasteiger partial charge on any atom is 0.472 e. The summed E-state index contributed by atoms with van der Waals surface area (Å²) < 4.78 is 23.4. The summed E-state index contributed by atoms with van der Waals surface area (Å²) in [6, 6.07) is -1.08. The number of quaternary nitrogens is 1. The Bertz CT molecular complexity index is 1110. The fraction of sp³-hybridized carbons (Fsp3) is 0.698. The van der Waals surface area contributed by atoms with Gasteiger partial charge in [0.2, 0.25) is 5.91 Å². The molecule has 0 aromatic carbocycles. The Kier molecular flexibility index (Phi) is 33.0. The zero-order valence-corrected chi connectivity index (χ0v) is 35.0. The number of nitrogens with one attached hydrogen (secondary N) is 1. The third kappa shape index (κ3) is 35.4. The molecule has 0 saturated heterocycles. The van der Waals surface area contributed by atoms with Gasteiger partial charge in [-0.25, -0.2) is 4.57 Å². The molecule has 9 nitrogen and oxygen atoms in total. The summed E-state index contributed by atoms with van der Waals surface area (Å²) in [5, 5.41) is 24.5. The molecule has 0 aliphatic rings.